The Balaban J connectivity index is 3.41. The molecule has 0 saturated heterocycles. The molecule has 16 heavy (non-hydrogen) atoms. The SMILES string of the molecule is C=C(C)COCCNC(=O)OCC(F)(F)F. The van der Waals surface area contributed by atoms with E-state index in [4.69, 9.17) is 4.74 Å². The van der Waals surface area contributed by atoms with Crippen LogP contribution in [0.25, 0.3) is 0 Å². The Hall–Kier alpha value is -1.24. The molecule has 0 rings (SSSR count). The summed E-state index contributed by atoms with van der Waals surface area (Å²) in [5, 5.41) is 2.11. The second-order valence-corrected chi connectivity index (χ2v) is 3.13. The van der Waals surface area contributed by atoms with E-state index < -0.39 is 18.9 Å². The molecular formula is C9H14F3NO3. The minimum absolute atomic E-state index is 0.0873. The molecule has 0 heterocycles. The van der Waals surface area contributed by atoms with Crippen molar-refractivity contribution in [2.24, 2.45) is 0 Å². The van der Waals surface area contributed by atoms with Gasteiger partial charge in [0, 0.05) is 6.54 Å². The van der Waals surface area contributed by atoms with Crippen LogP contribution < -0.4 is 5.32 Å². The van der Waals surface area contributed by atoms with Crippen molar-refractivity contribution < 1.29 is 27.4 Å². The molecule has 1 amide bonds. The molecule has 7 heteroatoms. The molecule has 0 fully saturated rings. The van der Waals surface area contributed by atoms with E-state index in [0.29, 0.717) is 6.61 Å². The van der Waals surface area contributed by atoms with Gasteiger partial charge in [-0.05, 0) is 6.92 Å². The van der Waals surface area contributed by atoms with Crippen molar-refractivity contribution in [1.82, 2.24) is 5.32 Å². The van der Waals surface area contributed by atoms with E-state index in [0.717, 1.165) is 5.57 Å². The fourth-order valence-electron chi connectivity index (χ4n) is 0.670. The molecule has 0 saturated carbocycles. The highest BCUT2D eigenvalue weighted by Crippen LogP contribution is 2.14. The van der Waals surface area contributed by atoms with Crippen molar-refractivity contribution in [2.45, 2.75) is 13.1 Å². The molecule has 4 nitrogen and oxygen atoms in total. The van der Waals surface area contributed by atoms with E-state index in [2.05, 4.69) is 16.6 Å². The first-order valence-electron chi connectivity index (χ1n) is 4.51. The van der Waals surface area contributed by atoms with E-state index in [1.807, 2.05) is 0 Å². The largest absolute Gasteiger partial charge is 0.440 e. The lowest BCUT2D eigenvalue weighted by molar-refractivity contribution is -0.160. The average molecular weight is 241 g/mol. The minimum atomic E-state index is -4.51. The summed E-state index contributed by atoms with van der Waals surface area (Å²) < 4.78 is 43.7. The molecule has 0 atom stereocenters. The number of ether oxygens (including phenoxy) is 2. The number of nitrogens with one attached hydrogen (secondary N) is 1. The zero-order valence-electron chi connectivity index (χ0n) is 8.89. The van der Waals surface area contributed by atoms with Crippen LogP contribution in [0.4, 0.5) is 18.0 Å². The molecule has 0 aromatic heterocycles. The number of amides is 1. The zero-order valence-corrected chi connectivity index (χ0v) is 8.89. The molecule has 0 aromatic carbocycles. The molecule has 0 aliphatic carbocycles. The zero-order chi connectivity index (χ0) is 12.6. The number of carbonyl (C=O) groups is 1. The normalized spacial score (nSPS) is 11.0. The van der Waals surface area contributed by atoms with E-state index in [-0.39, 0.29) is 13.2 Å². The lowest BCUT2D eigenvalue weighted by atomic mass is 10.4. The quantitative estimate of drug-likeness (QED) is 0.570. The third-order valence-corrected chi connectivity index (χ3v) is 1.23. The summed E-state index contributed by atoms with van der Waals surface area (Å²) in [6.45, 7) is 4.38. The maximum atomic E-state index is 11.6. The first-order chi connectivity index (χ1) is 7.31. The fraction of sp³-hybridized carbons (Fsp3) is 0.667. The van der Waals surface area contributed by atoms with Gasteiger partial charge in [0.15, 0.2) is 6.61 Å². The van der Waals surface area contributed by atoms with Gasteiger partial charge in [0.2, 0.25) is 0 Å². The highest BCUT2D eigenvalue weighted by molar-refractivity contribution is 5.67. The number of hydrogen-bond donors (Lipinski definition) is 1. The number of rotatable bonds is 6. The molecule has 0 aliphatic heterocycles. The second kappa shape index (κ2) is 7.10. The van der Waals surface area contributed by atoms with E-state index in [9.17, 15) is 18.0 Å². The summed E-state index contributed by atoms with van der Waals surface area (Å²) in [5.41, 5.74) is 0.819. The number of carbonyl (C=O) groups excluding carboxylic acids is 1. The fourth-order valence-corrected chi connectivity index (χ4v) is 0.670. The van der Waals surface area contributed by atoms with Crippen LogP contribution in [-0.2, 0) is 9.47 Å². The van der Waals surface area contributed by atoms with Gasteiger partial charge in [-0.1, -0.05) is 12.2 Å². The number of halogens is 3. The summed E-state index contributed by atoms with van der Waals surface area (Å²) in [6.07, 6.45) is -5.62. The Morgan fingerprint density at radius 3 is 2.56 bits per heavy atom. The van der Waals surface area contributed by atoms with Crippen LogP contribution in [0.15, 0.2) is 12.2 Å². The molecule has 0 aliphatic rings. The van der Waals surface area contributed by atoms with Crippen LogP contribution in [0.3, 0.4) is 0 Å². The van der Waals surface area contributed by atoms with Crippen LogP contribution in [0.1, 0.15) is 6.92 Å². The maximum Gasteiger partial charge on any atom is 0.422 e. The summed E-state index contributed by atoms with van der Waals surface area (Å²) in [5.74, 6) is 0. The van der Waals surface area contributed by atoms with Gasteiger partial charge in [-0.2, -0.15) is 13.2 Å². The molecule has 1 N–H and O–H groups in total. The molecular weight excluding hydrogens is 227 g/mol. The second-order valence-electron chi connectivity index (χ2n) is 3.13. The molecule has 0 spiro atoms. The van der Waals surface area contributed by atoms with Gasteiger partial charge in [-0.25, -0.2) is 4.79 Å². The third-order valence-electron chi connectivity index (χ3n) is 1.23. The molecule has 0 aromatic rings. The molecule has 0 bridgehead atoms. The van der Waals surface area contributed by atoms with Gasteiger partial charge in [0.05, 0.1) is 13.2 Å². The van der Waals surface area contributed by atoms with E-state index in [1.165, 1.54) is 0 Å². The van der Waals surface area contributed by atoms with E-state index >= 15 is 0 Å². The lowest BCUT2D eigenvalue weighted by Crippen LogP contribution is -2.31. The molecule has 0 unspecified atom stereocenters. The van der Waals surface area contributed by atoms with Crippen LogP contribution >= 0.6 is 0 Å². The first-order valence-corrected chi connectivity index (χ1v) is 4.51. The summed E-state index contributed by atoms with van der Waals surface area (Å²) in [6, 6.07) is 0. The highest BCUT2D eigenvalue weighted by atomic mass is 19.4. The van der Waals surface area contributed by atoms with Crippen molar-refractivity contribution >= 4 is 6.09 Å². The third kappa shape index (κ3) is 10.8. The van der Waals surface area contributed by atoms with Gasteiger partial charge in [0.25, 0.3) is 0 Å². The topological polar surface area (TPSA) is 47.6 Å². The predicted octanol–water partition coefficient (Wildman–Crippen LogP) is 1.87. The summed E-state index contributed by atoms with van der Waals surface area (Å²) >= 11 is 0. The molecule has 94 valence electrons. The lowest BCUT2D eigenvalue weighted by Gasteiger charge is -2.09. The van der Waals surface area contributed by atoms with Crippen LogP contribution in [0, 0.1) is 0 Å². The van der Waals surface area contributed by atoms with Crippen molar-refractivity contribution in [2.75, 3.05) is 26.4 Å². The van der Waals surface area contributed by atoms with Crippen LogP contribution in [-0.4, -0.2) is 38.6 Å². The van der Waals surface area contributed by atoms with Gasteiger partial charge >= 0.3 is 12.3 Å². The Morgan fingerprint density at radius 1 is 1.44 bits per heavy atom. The molecule has 0 radical (unpaired) electrons. The van der Waals surface area contributed by atoms with Crippen molar-refractivity contribution in [3.63, 3.8) is 0 Å². The summed E-state index contributed by atoms with van der Waals surface area (Å²) in [7, 11) is 0. The average Bonchev–Trinajstić information content (AvgIpc) is 2.12. The Morgan fingerprint density at radius 2 is 2.06 bits per heavy atom. The highest BCUT2D eigenvalue weighted by Gasteiger charge is 2.29. The summed E-state index contributed by atoms with van der Waals surface area (Å²) in [4.78, 5) is 10.7. The Bertz CT molecular complexity index is 241. The Labute approximate surface area is 91.4 Å². The first kappa shape index (κ1) is 14.8. The standard InChI is InChI=1S/C9H14F3NO3/c1-7(2)5-15-4-3-13-8(14)16-6-9(10,11)12/h1,3-6H2,2H3,(H,13,14). The van der Waals surface area contributed by atoms with Crippen LogP contribution in [0.5, 0.6) is 0 Å². The van der Waals surface area contributed by atoms with Gasteiger partial charge in [-0.15, -0.1) is 0 Å². The maximum absolute atomic E-state index is 11.6. The van der Waals surface area contributed by atoms with Crippen molar-refractivity contribution in [1.29, 1.82) is 0 Å². The van der Waals surface area contributed by atoms with Gasteiger partial charge in [0.1, 0.15) is 0 Å². The number of alkyl halides is 3. The minimum Gasteiger partial charge on any atom is -0.440 e. The monoisotopic (exact) mass is 241 g/mol. The van der Waals surface area contributed by atoms with Crippen molar-refractivity contribution in [3.8, 4) is 0 Å². The van der Waals surface area contributed by atoms with Gasteiger partial charge in [-0.3, -0.25) is 0 Å². The van der Waals surface area contributed by atoms with E-state index in [1.54, 1.807) is 6.92 Å². The Kier molecular flexibility index (Phi) is 6.55. The van der Waals surface area contributed by atoms with Crippen molar-refractivity contribution in [3.05, 3.63) is 12.2 Å². The smallest absolute Gasteiger partial charge is 0.422 e. The van der Waals surface area contributed by atoms with Gasteiger partial charge < -0.3 is 14.8 Å². The predicted molar refractivity (Wildman–Crippen MR) is 51.0 cm³/mol. The number of alkyl carbamates (subject to hydrolysis) is 1. The van der Waals surface area contributed by atoms with Crippen LogP contribution in [0.2, 0.25) is 0 Å². The number of hydrogen-bond acceptors (Lipinski definition) is 3.